The molecule has 0 unspecified atom stereocenters. The van der Waals surface area contributed by atoms with Gasteiger partial charge in [0.2, 0.25) is 10.0 Å². The Balaban J connectivity index is 1.89. The number of hydrogen-bond acceptors (Lipinski definition) is 3. The van der Waals surface area contributed by atoms with Crippen molar-refractivity contribution in [1.29, 1.82) is 0 Å². The number of sulfonamides is 1. The molecule has 0 heterocycles. The fraction of sp³-hybridized carbons (Fsp3) is 0.588. The average molecular weight is 353 g/mol. The number of nitrogens with zero attached hydrogens (tertiary/aromatic N) is 1. The normalized spacial score (nSPS) is 16.8. The molecule has 134 valence electrons. The van der Waals surface area contributed by atoms with E-state index in [1.165, 1.54) is 32.1 Å². The van der Waals surface area contributed by atoms with E-state index >= 15 is 0 Å². The summed E-state index contributed by atoms with van der Waals surface area (Å²) in [5, 5.41) is 11.9. The van der Waals surface area contributed by atoms with Crippen LogP contribution in [-0.4, -0.2) is 33.5 Å². The zero-order chi connectivity index (χ0) is 17.4. The molecular formula is C17H28N4O2S. The van der Waals surface area contributed by atoms with E-state index in [-0.39, 0.29) is 4.90 Å². The van der Waals surface area contributed by atoms with Crippen molar-refractivity contribution in [1.82, 2.24) is 10.6 Å². The van der Waals surface area contributed by atoms with Crippen molar-refractivity contribution in [2.75, 3.05) is 13.1 Å². The fourth-order valence-corrected chi connectivity index (χ4v) is 3.42. The molecule has 1 fully saturated rings. The van der Waals surface area contributed by atoms with Gasteiger partial charge in [-0.25, -0.2) is 13.6 Å². The van der Waals surface area contributed by atoms with Gasteiger partial charge in [-0.1, -0.05) is 31.4 Å². The molecule has 4 N–H and O–H groups in total. The van der Waals surface area contributed by atoms with Gasteiger partial charge in [0.25, 0.3) is 0 Å². The first-order valence-corrected chi connectivity index (χ1v) is 10.2. The van der Waals surface area contributed by atoms with E-state index in [1.54, 1.807) is 24.3 Å². The molecule has 0 aliphatic heterocycles. The zero-order valence-corrected chi connectivity index (χ0v) is 15.1. The maximum absolute atomic E-state index is 11.2. The van der Waals surface area contributed by atoms with E-state index in [0.29, 0.717) is 12.6 Å². The monoisotopic (exact) mass is 352 g/mol. The molecule has 24 heavy (non-hydrogen) atoms. The van der Waals surface area contributed by atoms with Crippen molar-refractivity contribution in [2.24, 2.45) is 10.1 Å². The maximum atomic E-state index is 11.2. The third-order valence-corrected chi connectivity index (χ3v) is 5.14. The van der Waals surface area contributed by atoms with E-state index in [0.717, 1.165) is 24.5 Å². The van der Waals surface area contributed by atoms with Crippen LogP contribution in [0.2, 0.25) is 0 Å². The lowest BCUT2D eigenvalue weighted by Crippen LogP contribution is -2.44. The Morgan fingerprint density at radius 2 is 1.88 bits per heavy atom. The predicted octanol–water partition coefficient (Wildman–Crippen LogP) is 1.76. The van der Waals surface area contributed by atoms with Gasteiger partial charge in [-0.05, 0) is 43.9 Å². The molecule has 0 radical (unpaired) electrons. The number of nitrogens with two attached hydrogens (primary N) is 1. The number of benzene rings is 1. The maximum Gasteiger partial charge on any atom is 0.238 e. The van der Waals surface area contributed by atoms with Crippen LogP contribution in [0.3, 0.4) is 0 Å². The summed E-state index contributed by atoms with van der Waals surface area (Å²) in [6.45, 7) is 3.54. The number of nitrogens with one attached hydrogen (secondary N) is 2. The van der Waals surface area contributed by atoms with E-state index in [1.807, 2.05) is 0 Å². The van der Waals surface area contributed by atoms with Gasteiger partial charge < -0.3 is 10.6 Å². The van der Waals surface area contributed by atoms with Gasteiger partial charge in [0.1, 0.15) is 0 Å². The molecule has 0 amide bonds. The Kier molecular flexibility index (Phi) is 7.05. The summed E-state index contributed by atoms with van der Waals surface area (Å²) in [6, 6.07) is 7.18. The Hall–Kier alpha value is -1.60. The Bertz CT molecular complexity index is 635. The van der Waals surface area contributed by atoms with Crippen molar-refractivity contribution < 1.29 is 8.42 Å². The highest BCUT2D eigenvalue weighted by atomic mass is 32.2. The topological polar surface area (TPSA) is 96.6 Å². The van der Waals surface area contributed by atoms with Crippen LogP contribution in [0.5, 0.6) is 0 Å². The molecule has 1 aromatic carbocycles. The smallest absolute Gasteiger partial charge is 0.238 e. The van der Waals surface area contributed by atoms with Crippen molar-refractivity contribution >= 4 is 16.0 Å². The van der Waals surface area contributed by atoms with Crippen LogP contribution >= 0.6 is 0 Å². The van der Waals surface area contributed by atoms with Crippen molar-refractivity contribution in [2.45, 2.75) is 56.4 Å². The Morgan fingerprint density at radius 3 is 2.46 bits per heavy atom. The quantitative estimate of drug-likeness (QED) is 0.537. The summed E-state index contributed by atoms with van der Waals surface area (Å²) in [6.07, 6.45) is 7.08. The second kappa shape index (κ2) is 9.03. The highest BCUT2D eigenvalue weighted by Crippen LogP contribution is 2.17. The summed E-state index contributed by atoms with van der Waals surface area (Å²) in [5.41, 5.74) is 1.04. The summed E-state index contributed by atoms with van der Waals surface area (Å²) in [5.74, 6) is 0.866. The van der Waals surface area contributed by atoms with Crippen molar-refractivity contribution in [3.05, 3.63) is 29.8 Å². The van der Waals surface area contributed by atoms with Crippen LogP contribution in [0.4, 0.5) is 0 Å². The summed E-state index contributed by atoms with van der Waals surface area (Å²) < 4.78 is 22.5. The molecule has 1 aliphatic carbocycles. The SMILES string of the molecule is CCNC(=NCCc1ccc(S(N)(=O)=O)cc1)NC1CCCCC1. The standard InChI is InChI=1S/C17H28N4O2S/c1-2-19-17(21-15-6-4-3-5-7-15)20-13-12-14-8-10-16(11-9-14)24(18,22)23/h8-11,15H,2-7,12-13H2,1H3,(H2,18,22,23)(H2,19,20,21). The van der Waals surface area contributed by atoms with Crippen LogP contribution in [0.1, 0.15) is 44.6 Å². The van der Waals surface area contributed by atoms with E-state index < -0.39 is 10.0 Å². The first-order chi connectivity index (χ1) is 11.5. The molecule has 1 aromatic rings. The first kappa shape index (κ1) is 18.7. The summed E-state index contributed by atoms with van der Waals surface area (Å²) >= 11 is 0. The van der Waals surface area contributed by atoms with Gasteiger partial charge in [0.05, 0.1) is 4.90 Å². The van der Waals surface area contributed by atoms with E-state index in [4.69, 9.17) is 5.14 Å². The molecule has 1 saturated carbocycles. The number of guanidine groups is 1. The first-order valence-electron chi connectivity index (χ1n) is 8.65. The minimum absolute atomic E-state index is 0.141. The highest BCUT2D eigenvalue weighted by molar-refractivity contribution is 7.89. The molecular weight excluding hydrogens is 324 g/mol. The van der Waals surface area contributed by atoms with Crippen molar-refractivity contribution in [3.63, 3.8) is 0 Å². The van der Waals surface area contributed by atoms with Gasteiger partial charge in [-0.15, -0.1) is 0 Å². The highest BCUT2D eigenvalue weighted by Gasteiger charge is 2.14. The molecule has 0 saturated heterocycles. The third kappa shape index (κ3) is 6.13. The molecule has 0 aromatic heterocycles. The molecule has 0 bridgehead atoms. The largest absolute Gasteiger partial charge is 0.357 e. The number of aliphatic imine (C=N–C) groups is 1. The van der Waals surface area contributed by atoms with Crippen molar-refractivity contribution in [3.8, 4) is 0 Å². The average Bonchev–Trinajstić information content (AvgIpc) is 2.55. The zero-order valence-electron chi connectivity index (χ0n) is 14.3. The summed E-state index contributed by atoms with van der Waals surface area (Å²) in [7, 11) is -3.62. The minimum Gasteiger partial charge on any atom is -0.357 e. The van der Waals surface area contributed by atoms with Gasteiger partial charge >= 0.3 is 0 Å². The Morgan fingerprint density at radius 1 is 1.21 bits per heavy atom. The van der Waals surface area contributed by atoms with Gasteiger partial charge in [-0.3, -0.25) is 4.99 Å². The minimum atomic E-state index is -3.62. The molecule has 0 atom stereocenters. The van der Waals surface area contributed by atoms with Crippen LogP contribution in [0.15, 0.2) is 34.2 Å². The van der Waals surface area contributed by atoms with Crippen LogP contribution < -0.4 is 15.8 Å². The molecule has 1 aliphatic rings. The van der Waals surface area contributed by atoms with Crippen LogP contribution in [0, 0.1) is 0 Å². The second-order valence-corrected chi connectivity index (χ2v) is 7.74. The molecule has 6 nitrogen and oxygen atoms in total. The molecule has 7 heteroatoms. The predicted molar refractivity (Wildman–Crippen MR) is 97.5 cm³/mol. The van der Waals surface area contributed by atoms with E-state index in [9.17, 15) is 8.42 Å². The van der Waals surface area contributed by atoms with Crippen LogP contribution in [-0.2, 0) is 16.4 Å². The van der Waals surface area contributed by atoms with Crippen LogP contribution in [0.25, 0.3) is 0 Å². The summed E-state index contributed by atoms with van der Waals surface area (Å²) in [4.78, 5) is 4.77. The lowest BCUT2D eigenvalue weighted by molar-refractivity contribution is 0.410. The number of hydrogen-bond donors (Lipinski definition) is 3. The fourth-order valence-electron chi connectivity index (χ4n) is 2.90. The lowest BCUT2D eigenvalue weighted by Gasteiger charge is -2.24. The number of rotatable bonds is 6. The second-order valence-electron chi connectivity index (χ2n) is 6.18. The molecule has 2 rings (SSSR count). The van der Waals surface area contributed by atoms with Gasteiger partial charge in [0, 0.05) is 19.1 Å². The Labute approximate surface area is 145 Å². The van der Waals surface area contributed by atoms with Gasteiger partial charge in [0.15, 0.2) is 5.96 Å². The van der Waals surface area contributed by atoms with Gasteiger partial charge in [-0.2, -0.15) is 0 Å². The number of primary sulfonamides is 1. The molecule has 0 spiro atoms. The third-order valence-electron chi connectivity index (χ3n) is 4.21. The van der Waals surface area contributed by atoms with E-state index in [2.05, 4.69) is 22.5 Å². The lowest BCUT2D eigenvalue weighted by atomic mass is 9.96.